The van der Waals surface area contributed by atoms with Crippen molar-refractivity contribution in [2.24, 2.45) is 4.99 Å². The standard InChI is InChI=1S/C15H12FN3OS/c16-12-4-1-10(2-5-12)8-17-15(20)11-3-6-13-14(7-11)21-19-9-18-13/h1-7,9H,8H2,(H,17,20)(H,18,19). The quantitative estimate of drug-likeness (QED) is 0.857. The third kappa shape index (κ3) is 3.22. The summed E-state index contributed by atoms with van der Waals surface area (Å²) in [5.41, 5.74) is 2.26. The topological polar surface area (TPSA) is 53.5 Å². The fraction of sp³-hybridized carbons (Fsp3) is 0.0667. The van der Waals surface area contributed by atoms with E-state index in [1.165, 1.54) is 24.1 Å². The summed E-state index contributed by atoms with van der Waals surface area (Å²) < 4.78 is 15.7. The first-order valence-corrected chi connectivity index (χ1v) is 7.15. The Labute approximate surface area is 125 Å². The van der Waals surface area contributed by atoms with Crippen molar-refractivity contribution in [3.8, 4) is 0 Å². The number of aliphatic imine (C=N–C) groups is 1. The zero-order valence-corrected chi connectivity index (χ0v) is 11.8. The SMILES string of the molecule is O=C(NCc1ccc(F)cc1)c1ccc2c(c1)SNC=N2. The molecule has 0 bridgehead atoms. The van der Waals surface area contributed by atoms with E-state index in [1.807, 2.05) is 6.07 Å². The Kier molecular flexibility index (Phi) is 3.87. The van der Waals surface area contributed by atoms with E-state index in [1.54, 1.807) is 30.6 Å². The van der Waals surface area contributed by atoms with Crippen molar-refractivity contribution in [2.75, 3.05) is 0 Å². The van der Waals surface area contributed by atoms with Crippen LogP contribution in [0.25, 0.3) is 0 Å². The third-order valence-corrected chi connectivity index (χ3v) is 3.78. The van der Waals surface area contributed by atoms with E-state index in [0.717, 1.165) is 16.1 Å². The van der Waals surface area contributed by atoms with Gasteiger partial charge in [0.1, 0.15) is 5.82 Å². The van der Waals surface area contributed by atoms with Crippen LogP contribution in [-0.2, 0) is 6.54 Å². The zero-order valence-electron chi connectivity index (χ0n) is 11.0. The lowest BCUT2D eigenvalue weighted by atomic mass is 10.1. The summed E-state index contributed by atoms with van der Waals surface area (Å²) in [5, 5.41) is 2.81. The molecular weight excluding hydrogens is 289 g/mol. The van der Waals surface area contributed by atoms with E-state index in [0.29, 0.717) is 12.1 Å². The van der Waals surface area contributed by atoms with Crippen LogP contribution in [0.1, 0.15) is 15.9 Å². The molecule has 21 heavy (non-hydrogen) atoms. The lowest BCUT2D eigenvalue weighted by Gasteiger charge is -2.11. The van der Waals surface area contributed by atoms with Gasteiger partial charge in [-0.15, -0.1) is 0 Å². The first-order chi connectivity index (χ1) is 10.2. The van der Waals surface area contributed by atoms with Crippen LogP contribution in [0.4, 0.5) is 10.1 Å². The maximum absolute atomic E-state index is 12.8. The molecule has 2 aromatic rings. The number of hydrogen-bond acceptors (Lipinski definition) is 4. The predicted octanol–water partition coefficient (Wildman–Crippen LogP) is 3.03. The summed E-state index contributed by atoms with van der Waals surface area (Å²) in [5.74, 6) is -0.456. The lowest BCUT2D eigenvalue weighted by Crippen LogP contribution is -2.22. The Bertz CT molecular complexity index is 701. The first kappa shape index (κ1) is 13.6. The minimum atomic E-state index is -0.287. The number of rotatable bonds is 3. The molecular formula is C15H12FN3OS. The fourth-order valence-corrected chi connectivity index (χ4v) is 2.56. The van der Waals surface area contributed by atoms with Crippen molar-refractivity contribution in [1.82, 2.24) is 10.0 Å². The minimum Gasteiger partial charge on any atom is -0.348 e. The number of carbonyl (C=O) groups excluding carboxylic acids is 1. The molecule has 0 fully saturated rings. The highest BCUT2D eigenvalue weighted by Gasteiger charge is 2.11. The molecule has 6 heteroatoms. The molecule has 106 valence electrons. The highest BCUT2D eigenvalue weighted by Crippen LogP contribution is 2.30. The minimum absolute atomic E-state index is 0.169. The smallest absolute Gasteiger partial charge is 0.251 e. The largest absolute Gasteiger partial charge is 0.348 e. The molecule has 0 aliphatic carbocycles. The number of carbonyl (C=O) groups is 1. The number of halogens is 1. The summed E-state index contributed by atoms with van der Waals surface area (Å²) in [6.45, 7) is 0.361. The van der Waals surface area contributed by atoms with Crippen molar-refractivity contribution in [1.29, 1.82) is 0 Å². The molecule has 0 spiro atoms. The summed E-state index contributed by atoms with van der Waals surface area (Å²) in [6, 6.07) is 11.4. The molecule has 0 atom stereocenters. The molecule has 0 radical (unpaired) electrons. The second kappa shape index (κ2) is 5.97. The van der Waals surface area contributed by atoms with Gasteiger partial charge in [-0.2, -0.15) is 0 Å². The van der Waals surface area contributed by atoms with Gasteiger partial charge in [0.05, 0.1) is 16.9 Å². The van der Waals surface area contributed by atoms with Gasteiger partial charge in [0, 0.05) is 12.1 Å². The van der Waals surface area contributed by atoms with E-state index in [4.69, 9.17) is 0 Å². The zero-order chi connectivity index (χ0) is 14.7. The van der Waals surface area contributed by atoms with Gasteiger partial charge in [-0.05, 0) is 47.8 Å². The normalized spacial score (nSPS) is 12.4. The van der Waals surface area contributed by atoms with E-state index >= 15 is 0 Å². The fourth-order valence-electron chi connectivity index (χ4n) is 1.92. The molecule has 0 saturated carbocycles. The van der Waals surface area contributed by atoms with Crippen LogP contribution in [0.2, 0.25) is 0 Å². The van der Waals surface area contributed by atoms with E-state index in [9.17, 15) is 9.18 Å². The van der Waals surface area contributed by atoms with Gasteiger partial charge in [-0.25, -0.2) is 9.38 Å². The van der Waals surface area contributed by atoms with Crippen molar-refractivity contribution in [3.63, 3.8) is 0 Å². The molecule has 1 aliphatic heterocycles. The molecule has 4 nitrogen and oxygen atoms in total. The molecule has 1 amide bonds. The van der Waals surface area contributed by atoms with Crippen LogP contribution < -0.4 is 10.0 Å². The average Bonchev–Trinajstić information content (AvgIpc) is 2.53. The Morgan fingerprint density at radius 3 is 2.86 bits per heavy atom. The molecule has 1 aliphatic rings. The third-order valence-electron chi connectivity index (χ3n) is 3.01. The van der Waals surface area contributed by atoms with Gasteiger partial charge in [0.2, 0.25) is 0 Å². The lowest BCUT2D eigenvalue weighted by molar-refractivity contribution is 0.0950. The van der Waals surface area contributed by atoms with Crippen molar-refractivity contribution >= 4 is 29.9 Å². The molecule has 0 unspecified atom stereocenters. The Morgan fingerprint density at radius 1 is 1.24 bits per heavy atom. The summed E-state index contributed by atoms with van der Waals surface area (Å²) in [7, 11) is 0. The predicted molar refractivity (Wildman–Crippen MR) is 81.2 cm³/mol. The van der Waals surface area contributed by atoms with Crippen molar-refractivity contribution in [3.05, 3.63) is 59.4 Å². The Balaban J connectivity index is 1.68. The van der Waals surface area contributed by atoms with Gasteiger partial charge in [0.25, 0.3) is 5.91 Å². The molecule has 2 N–H and O–H groups in total. The van der Waals surface area contributed by atoms with Crippen LogP contribution >= 0.6 is 11.9 Å². The number of hydrogen-bond donors (Lipinski definition) is 2. The first-order valence-electron chi connectivity index (χ1n) is 6.34. The van der Waals surface area contributed by atoms with Crippen LogP contribution in [0.15, 0.2) is 52.4 Å². The van der Waals surface area contributed by atoms with Gasteiger partial charge >= 0.3 is 0 Å². The number of benzene rings is 2. The number of nitrogens with one attached hydrogen (secondary N) is 2. The molecule has 1 heterocycles. The Hall–Kier alpha value is -2.34. The van der Waals surface area contributed by atoms with E-state index < -0.39 is 0 Å². The molecule has 2 aromatic carbocycles. The number of fused-ring (bicyclic) bond motifs is 1. The summed E-state index contributed by atoms with van der Waals surface area (Å²) >= 11 is 1.42. The maximum atomic E-state index is 12.8. The highest BCUT2D eigenvalue weighted by molar-refractivity contribution is 7.98. The van der Waals surface area contributed by atoms with Crippen molar-refractivity contribution in [2.45, 2.75) is 11.4 Å². The maximum Gasteiger partial charge on any atom is 0.251 e. The van der Waals surface area contributed by atoms with Crippen LogP contribution in [-0.4, -0.2) is 12.2 Å². The number of nitrogens with zero attached hydrogens (tertiary/aromatic N) is 1. The van der Waals surface area contributed by atoms with Gasteiger partial charge < -0.3 is 10.0 Å². The van der Waals surface area contributed by atoms with Crippen molar-refractivity contribution < 1.29 is 9.18 Å². The second-order valence-corrected chi connectivity index (χ2v) is 5.35. The van der Waals surface area contributed by atoms with E-state index in [-0.39, 0.29) is 11.7 Å². The average molecular weight is 301 g/mol. The molecule has 0 aromatic heterocycles. The summed E-state index contributed by atoms with van der Waals surface area (Å²) in [6.07, 6.45) is 1.61. The highest BCUT2D eigenvalue weighted by atomic mass is 32.2. The van der Waals surface area contributed by atoms with Crippen LogP contribution in [0.3, 0.4) is 0 Å². The van der Waals surface area contributed by atoms with Gasteiger partial charge in [-0.1, -0.05) is 12.1 Å². The van der Waals surface area contributed by atoms with Gasteiger partial charge in [-0.3, -0.25) is 4.79 Å². The van der Waals surface area contributed by atoms with Crippen LogP contribution in [0, 0.1) is 5.82 Å². The van der Waals surface area contributed by atoms with E-state index in [2.05, 4.69) is 15.0 Å². The van der Waals surface area contributed by atoms with Crippen LogP contribution in [0.5, 0.6) is 0 Å². The Morgan fingerprint density at radius 2 is 2.05 bits per heavy atom. The number of amides is 1. The second-order valence-electron chi connectivity index (χ2n) is 4.47. The van der Waals surface area contributed by atoms with Gasteiger partial charge in [0.15, 0.2) is 0 Å². The summed E-state index contributed by atoms with van der Waals surface area (Å²) in [4.78, 5) is 17.2. The monoisotopic (exact) mass is 301 g/mol. The molecule has 0 saturated heterocycles. The molecule has 3 rings (SSSR count).